The van der Waals surface area contributed by atoms with E-state index >= 15 is 0 Å². The van der Waals surface area contributed by atoms with E-state index in [0.717, 1.165) is 12.1 Å². The molecule has 1 saturated heterocycles. The molecule has 0 aromatic heterocycles. The van der Waals surface area contributed by atoms with E-state index in [9.17, 15) is 12.8 Å². The molecule has 0 amide bonds. The van der Waals surface area contributed by atoms with Crippen molar-refractivity contribution >= 4 is 10.0 Å². The number of ether oxygens (including phenoxy) is 1. The molecule has 1 aromatic rings. The van der Waals surface area contributed by atoms with Gasteiger partial charge in [0.25, 0.3) is 0 Å². The van der Waals surface area contributed by atoms with Crippen molar-refractivity contribution in [3.63, 3.8) is 0 Å². The molecule has 2 rings (SSSR count). The van der Waals surface area contributed by atoms with Gasteiger partial charge in [-0.15, -0.1) is 0 Å². The van der Waals surface area contributed by atoms with Crippen molar-refractivity contribution in [1.29, 1.82) is 5.26 Å². The summed E-state index contributed by atoms with van der Waals surface area (Å²) in [7, 11) is -3.86. The van der Waals surface area contributed by atoms with Crippen molar-refractivity contribution in [2.24, 2.45) is 0 Å². The maximum Gasteiger partial charge on any atom is 0.246 e. The van der Waals surface area contributed by atoms with Crippen LogP contribution in [-0.4, -0.2) is 38.0 Å². The third-order valence-electron chi connectivity index (χ3n) is 2.96. The van der Waals surface area contributed by atoms with Crippen LogP contribution < -0.4 is 0 Å². The van der Waals surface area contributed by atoms with Crippen LogP contribution in [0, 0.1) is 17.1 Å². The zero-order valence-corrected chi connectivity index (χ0v) is 12.0. The molecular formula is C13H15FN2O3S. The molecule has 0 radical (unpaired) electrons. The predicted octanol–water partition coefficient (Wildman–Crippen LogP) is 1.50. The number of hydrogen-bond acceptors (Lipinski definition) is 4. The quantitative estimate of drug-likeness (QED) is 0.844. The molecule has 0 atom stereocenters. The van der Waals surface area contributed by atoms with Crippen LogP contribution in [0.2, 0.25) is 0 Å². The molecule has 7 heteroatoms. The molecule has 0 aliphatic carbocycles. The van der Waals surface area contributed by atoms with E-state index in [-0.39, 0.29) is 30.9 Å². The first-order chi connectivity index (χ1) is 9.34. The summed E-state index contributed by atoms with van der Waals surface area (Å²) in [6.45, 7) is 4.19. The zero-order chi connectivity index (χ0) is 14.9. The molecule has 5 nitrogen and oxygen atoms in total. The van der Waals surface area contributed by atoms with E-state index in [2.05, 4.69) is 0 Å². The van der Waals surface area contributed by atoms with Crippen LogP contribution in [0.3, 0.4) is 0 Å². The minimum absolute atomic E-state index is 0.0245. The molecule has 0 N–H and O–H groups in total. The van der Waals surface area contributed by atoms with Crippen molar-refractivity contribution in [1.82, 2.24) is 4.31 Å². The lowest BCUT2D eigenvalue weighted by Gasteiger charge is -2.38. The Morgan fingerprint density at radius 2 is 2.10 bits per heavy atom. The van der Waals surface area contributed by atoms with Crippen molar-refractivity contribution < 1.29 is 17.5 Å². The lowest BCUT2D eigenvalue weighted by Crippen LogP contribution is -2.55. The molecular weight excluding hydrogens is 283 g/mol. The SMILES string of the molecule is CC(C)OC1CN(S(=O)(=O)c2ccc(C#N)cc2F)C1. The Morgan fingerprint density at radius 3 is 2.60 bits per heavy atom. The van der Waals surface area contributed by atoms with Gasteiger partial charge >= 0.3 is 0 Å². The Balaban J connectivity index is 2.15. The van der Waals surface area contributed by atoms with E-state index in [1.54, 1.807) is 6.07 Å². The summed E-state index contributed by atoms with van der Waals surface area (Å²) in [6.07, 6.45) is -0.122. The Bertz CT molecular complexity index is 646. The number of hydrogen-bond donors (Lipinski definition) is 0. The van der Waals surface area contributed by atoms with Crippen molar-refractivity contribution in [2.45, 2.75) is 31.0 Å². The Hall–Kier alpha value is -1.49. The fourth-order valence-electron chi connectivity index (χ4n) is 1.99. The van der Waals surface area contributed by atoms with Crippen molar-refractivity contribution in [3.8, 4) is 6.07 Å². The van der Waals surface area contributed by atoms with E-state index in [0.29, 0.717) is 0 Å². The van der Waals surface area contributed by atoms with Gasteiger partial charge in [-0.1, -0.05) is 0 Å². The third kappa shape index (κ3) is 2.82. The highest BCUT2D eigenvalue weighted by molar-refractivity contribution is 7.89. The van der Waals surface area contributed by atoms with Gasteiger partial charge in [-0.05, 0) is 32.0 Å². The standard InChI is InChI=1S/C13H15FN2O3S/c1-9(2)19-11-7-16(8-11)20(17,18)13-4-3-10(6-15)5-12(13)14/h3-5,9,11H,7-8H2,1-2H3. The van der Waals surface area contributed by atoms with Crippen LogP contribution in [0.5, 0.6) is 0 Å². The zero-order valence-electron chi connectivity index (χ0n) is 11.2. The highest BCUT2D eigenvalue weighted by atomic mass is 32.2. The van der Waals surface area contributed by atoms with Gasteiger partial charge in [0.15, 0.2) is 0 Å². The minimum atomic E-state index is -3.86. The summed E-state index contributed by atoms with van der Waals surface area (Å²) in [5.41, 5.74) is 0.0890. The Labute approximate surface area is 117 Å². The van der Waals surface area contributed by atoms with E-state index in [4.69, 9.17) is 10.00 Å². The molecule has 0 unspecified atom stereocenters. The Kier molecular flexibility index (Phi) is 4.09. The smallest absolute Gasteiger partial charge is 0.246 e. The molecule has 1 aliphatic rings. The molecule has 0 bridgehead atoms. The molecule has 1 fully saturated rings. The normalized spacial score (nSPS) is 16.9. The van der Waals surface area contributed by atoms with Gasteiger partial charge < -0.3 is 4.74 Å². The topological polar surface area (TPSA) is 70.4 Å². The first kappa shape index (κ1) is 14.9. The predicted molar refractivity (Wildman–Crippen MR) is 69.9 cm³/mol. The van der Waals surface area contributed by atoms with Crippen LogP contribution in [0.1, 0.15) is 19.4 Å². The summed E-state index contributed by atoms with van der Waals surface area (Å²) in [5, 5.41) is 8.65. The maximum absolute atomic E-state index is 13.8. The van der Waals surface area contributed by atoms with Gasteiger partial charge in [0.05, 0.1) is 23.8 Å². The second-order valence-corrected chi connectivity index (χ2v) is 6.79. The first-order valence-corrected chi connectivity index (χ1v) is 7.64. The first-order valence-electron chi connectivity index (χ1n) is 6.20. The van der Waals surface area contributed by atoms with Gasteiger partial charge in [-0.2, -0.15) is 9.57 Å². The van der Waals surface area contributed by atoms with Crippen LogP contribution in [-0.2, 0) is 14.8 Å². The molecule has 0 spiro atoms. The van der Waals surface area contributed by atoms with Gasteiger partial charge in [-0.3, -0.25) is 0 Å². The molecule has 1 heterocycles. The fraction of sp³-hybridized carbons (Fsp3) is 0.462. The molecule has 20 heavy (non-hydrogen) atoms. The van der Waals surface area contributed by atoms with Gasteiger partial charge in [0, 0.05) is 13.1 Å². The summed E-state index contributed by atoms with van der Waals surface area (Å²) in [5.74, 6) is -0.905. The molecule has 108 valence electrons. The number of nitriles is 1. The van der Waals surface area contributed by atoms with Gasteiger partial charge in [0.2, 0.25) is 10.0 Å². The van der Waals surface area contributed by atoms with E-state index in [1.807, 2.05) is 13.8 Å². The largest absolute Gasteiger partial charge is 0.373 e. The highest BCUT2D eigenvalue weighted by Crippen LogP contribution is 2.26. The summed E-state index contributed by atoms with van der Waals surface area (Å²) >= 11 is 0. The summed E-state index contributed by atoms with van der Waals surface area (Å²) < 4.78 is 44.8. The summed E-state index contributed by atoms with van der Waals surface area (Å²) in [4.78, 5) is -0.403. The van der Waals surface area contributed by atoms with Crippen LogP contribution in [0.4, 0.5) is 4.39 Å². The average molecular weight is 298 g/mol. The van der Waals surface area contributed by atoms with Gasteiger partial charge in [-0.25, -0.2) is 12.8 Å². The maximum atomic E-state index is 13.8. The number of benzene rings is 1. The van der Waals surface area contributed by atoms with Gasteiger partial charge in [0.1, 0.15) is 10.7 Å². The van der Waals surface area contributed by atoms with E-state index in [1.165, 1.54) is 10.4 Å². The van der Waals surface area contributed by atoms with E-state index < -0.39 is 20.7 Å². The average Bonchev–Trinajstić information content (AvgIpc) is 2.32. The second kappa shape index (κ2) is 5.48. The lowest BCUT2D eigenvalue weighted by atomic mass is 10.2. The molecule has 1 aliphatic heterocycles. The molecule has 1 aromatic carbocycles. The second-order valence-electron chi connectivity index (χ2n) is 4.89. The number of rotatable bonds is 4. The number of halogens is 1. The van der Waals surface area contributed by atoms with Crippen molar-refractivity contribution in [3.05, 3.63) is 29.6 Å². The molecule has 0 saturated carbocycles. The van der Waals surface area contributed by atoms with Crippen LogP contribution in [0.15, 0.2) is 23.1 Å². The van der Waals surface area contributed by atoms with Crippen LogP contribution in [0.25, 0.3) is 0 Å². The number of sulfonamides is 1. The highest BCUT2D eigenvalue weighted by Gasteiger charge is 2.38. The lowest BCUT2D eigenvalue weighted by molar-refractivity contribution is -0.0520. The minimum Gasteiger partial charge on any atom is -0.373 e. The van der Waals surface area contributed by atoms with Crippen molar-refractivity contribution in [2.75, 3.05) is 13.1 Å². The monoisotopic (exact) mass is 298 g/mol. The Morgan fingerprint density at radius 1 is 1.45 bits per heavy atom. The van der Waals surface area contributed by atoms with Crippen LogP contribution >= 0.6 is 0 Å². The summed E-state index contributed by atoms with van der Waals surface area (Å²) in [6, 6.07) is 5.10. The fourth-order valence-corrected chi connectivity index (χ4v) is 3.54. The third-order valence-corrected chi connectivity index (χ3v) is 4.82. The number of nitrogens with zero attached hydrogens (tertiary/aromatic N) is 2.